The van der Waals surface area contributed by atoms with Crippen molar-refractivity contribution < 1.29 is 4.79 Å². The summed E-state index contributed by atoms with van der Waals surface area (Å²) in [6, 6.07) is 0.138. The quantitative estimate of drug-likeness (QED) is 0.700. The lowest BCUT2D eigenvalue weighted by Crippen LogP contribution is -2.44. The number of likely N-dealkylation sites (N-methyl/N-ethyl adjacent to an activating group) is 1. The topological polar surface area (TPSA) is 58.4 Å². The Kier molecular flexibility index (Phi) is 4.54. The summed E-state index contributed by atoms with van der Waals surface area (Å²) in [6.45, 7) is 8.77. The van der Waals surface area contributed by atoms with Crippen LogP contribution in [-0.4, -0.2) is 42.5 Å². The Morgan fingerprint density at radius 1 is 1.60 bits per heavy atom. The van der Waals surface area contributed by atoms with Crippen LogP contribution in [0.3, 0.4) is 0 Å². The molecule has 0 spiro atoms. The first-order valence-corrected chi connectivity index (χ1v) is 5.82. The molecule has 4 nitrogen and oxygen atoms in total. The third kappa shape index (κ3) is 3.47. The van der Waals surface area contributed by atoms with Crippen molar-refractivity contribution in [2.45, 2.75) is 39.3 Å². The average molecular weight is 213 g/mol. The number of rotatable bonds is 4. The number of likely N-dealkylation sites (tertiary alicyclic amines) is 1. The molecule has 1 aliphatic rings. The molecule has 88 valence electrons. The molecule has 0 radical (unpaired) electrons. The fourth-order valence-corrected chi connectivity index (χ4v) is 2.17. The number of carbonyl (C=O) groups is 1. The molecule has 0 aliphatic carbocycles. The first-order chi connectivity index (χ1) is 7.04. The van der Waals surface area contributed by atoms with Crippen molar-refractivity contribution in [3.63, 3.8) is 0 Å². The van der Waals surface area contributed by atoms with Gasteiger partial charge in [0.2, 0.25) is 5.91 Å². The molecule has 0 saturated carbocycles. The second-order valence-electron chi connectivity index (χ2n) is 4.75. The SMILES string of the molecule is CCNC(=O)[C@@H]1C[C@H](N)CN1CC(C)C. The summed E-state index contributed by atoms with van der Waals surface area (Å²) in [6.07, 6.45) is 0.790. The average Bonchev–Trinajstić information content (AvgIpc) is 2.46. The maximum absolute atomic E-state index is 11.8. The Hall–Kier alpha value is -0.610. The van der Waals surface area contributed by atoms with Crippen LogP contribution in [0.1, 0.15) is 27.2 Å². The third-order valence-electron chi connectivity index (χ3n) is 2.69. The highest BCUT2D eigenvalue weighted by atomic mass is 16.2. The molecular weight excluding hydrogens is 190 g/mol. The molecule has 1 heterocycles. The number of nitrogens with two attached hydrogens (primary N) is 1. The molecule has 0 unspecified atom stereocenters. The van der Waals surface area contributed by atoms with Gasteiger partial charge in [0.1, 0.15) is 0 Å². The van der Waals surface area contributed by atoms with Gasteiger partial charge in [-0.05, 0) is 19.3 Å². The summed E-state index contributed by atoms with van der Waals surface area (Å²) >= 11 is 0. The molecule has 0 aromatic carbocycles. The van der Waals surface area contributed by atoms with Crippen molar-refractivity contribution in [3.05, 3.63) is 0 Å². The van der Waals surface area contributed by atoms with E-state index >= 15 is 0 Å². The standard InChI is InChI=1S/C11H23N3O/c1-4-13-11(15)10-5-9(12)7-14(10)6-8(2)3/h8-10H,4-7,12H2,1-3H3,(H,13,15)/t9-,10-/m0/s1. The van der Waals surface area contributed by atoms with Gasteiger partial charge in [-0.25, -0.2) is 0 Å². The van der Waals surface area contributed by atoms with Gasteiger partial charge < -0.3 is 11.1 Å². The van der Waals surface area contributed by atoms with Crippen LogP contribution in [0.5, 0.6) is 0 Å². The van der Waals surface area contributed by atoms with Crippen LogP contribution in [-0.2, 0) is 4.79 Å². The number of hydrogen-bond acceptors (Lipinski definition) is 3. The Bertz CT molecular complexity index is 218. The van der Waals surface area contributed by atoms with Crippen LogP contribution in [0.15, 0.2) is 0 Å². The Balaban J connectivity index is 2.56. The van der Waals surface area contributed by atoms with E-state index in [0.717, 1.165) is 19.5 Å². The molecular formula is C11H23N3O. The fraction of sp³-hybridized carbons (Fsp3) is 0.909. The van der Waals surface area contributed by atoms with Crippen LogP contribution >= 0.6 is 0 Å². The zero-order chi connectivity index (χ0) is 11.4. The van der Waals surface area contributed by atoms with E-state index in [1.165, 1.54) is 0 Å². The van der Waals surface area contributed by atoms with Crippen molar-refractivity contribution in [1.29, 1.82) is 0 Å². The second kappa shape index (κ2) is 5.47. The summed E-state index contributed by atoms with van der Waals surface area (Å²) < 4.78 is 0. The maximum Gasteiger partial charge on any atom is 0.237 e. The van der Waals surface area contributed by atoms with E-state index in [9.17, 15) is 4.79 Å². The van der Waals surface area contributed by atoms with Gasteiger partial charge in [-0.1, -0.05) is 13.8 Å². The molecule has 1 rings (SSSR count). The summed E-state index contributed by atoms with van der Waals surface area (Å²) in [7, 11) is 0. The Morgan fingerprint density at radius 2 is 2.27 bits per heavy atom. The lowest BCUT2D eigenvalue weighted by molar-refractivity contribution is -0.125. The largest absolute Gasteiger partial charge is 0.355 e. The monoisotopic (exact) mass is 213 g/mol. The zero-order valence-electron chi connectivity index (χ0n) is 9.99. The molecule has 3 N–H and O–H groups in total. The van der Waals surface area contributed by atoms with E-state index < -0.39 is 0 Å². The van der Waals surface area contributed by atoms with Crippen LogP contribution in [0.25, 0.3) is 0 Å². The minimum atomic E-state index is -0.0117. The van der Waals surface area contributed by atoms with Crippen LogP contribution in [0.2, 0.25) is 0 Å². The summed E-state index contributed by atoms with van der Waals surface area (Å²) in [5.74, 6) is 0.707. The summed E-state index contributed by atoms with van der Waals surface area (Å²) in [5.41, 5.74) is 5.90. The van der Waals surface area contributed by atoms with Crippen LogP contribution in [0.4, 0.5) is 0 Å². The number of amides is 1. The minimum Gasteiger partial charge on any atom is -0.355 e. The third-order valence-corrected chi connectivity index (χ3v) is 2.69. The smallest absolute Gasteiger partial charge is 0.237 e. The highest BCUT2D eigenvalue weighted by molar-refractivity contribution is 5.82. The van der Waals surface area contributed by atoms with Gasteiger partial charge in [-0.3, -0.25) is 9.69 Å². The Morgan fingerprint density at radius 3 is 2.80 bits per heavy atom. The number of hydrogen-bond donors (Lipinski definition) is 2. The van der Waals surface area contributed by atoms with Crippen molar-refractivity contribution >= 4 is 5.91 Å². The highest BCUT2D eigenvalue weighted by Gasteiger charge is 2.34. The number of nitrogens with zero attached hydrogens (tertiary/aromatic N) is 1. The van der Waals surface area contributed by atoms with Gasteiger partial charge in [0.15, 0.2) is 0 Å². The molecule has 0 bridgehead atoms. The van der Waals surface area contributed by atoms with Gasteiger partial charge in [0.05, 0.1) is 6.04 Å². The molecule has 1 saturated heterocycles. The van der Waals surface area contributed by atoms with Gasteiger partial charge in [0, 0.05) is 25.7 Å². The molecule has 15 heavy (non-hydrogen) atoms. The molecule has 0 aromatic heterocycles. The molecule has 4 heteroatoms. The minimum absolute atomic E-state index is 0.0117. The zero-order valence-corrected chi connectivity index (χ0v) is 9.99. The summed E-state index contributed by atoms with van der Waals surface area (Å²) in [5, 5.41) is 2.88. The maximum atomic E-state index is 11.8. The van der Waals surface area contributed by atoms with Crippen LogP contribution in [0, 0.1) is 5.92 Å². The van der Waals surface area contributed by atoms with Gasteiger partial charge in [-0.2, -0.15) is 0 Å². The first kappa shape index (κ1) is 12.5. The first-order valence-electron chi connectivity index (χ1n) is 5.82. The fourth-order valence-electron chi connectivity index (χ4n) is 2.17. The van der Waals surface area contributed by atoms with Crippen molar-refractivity contribution in [1.82, 2.24) is 10.2 Å². The van der Waals surface area contributed by atoms with Gasteiger partial charge >= 0.3 is 0 Å². The number of carbonyl (C=O) groups excluding carboxylic acids is 1. The van der Waals surface area contributed by atoms with Gasteiger partial charge in [-0.15, -0.1) is 0 Å². The van der Waals surface area contributed by atoms with E-state index in [1.54, 1.807) is 0 Å². The van der Waals surface area contributed by atoms with E-state index in [2.05, 4.69) is 24.1 Å². The normalized spacial score (nSPS) is 27.3. The van der Waals surface area contributed by atoms with Crippen molar-refractivity contribution in [3.8, 4) is 0 Å². The highest BCUT2D eigenvalue weighted by Crippen LogP contribution is 2.18. The second-order valence-corrected chi connectivity index (χ2v) is 4.75. The predicted molar refractivity (Wildman–Crippen MR) is 61.5 cm³/mol. The molecule has 2 atom stereocenters. The molecule has 0 aromatic rings. The van der Waals surface area contributed by atoms with Crippen molar-refractivity contribution in [2.24, 2.45) is 11.7 Å². The molecule has 1 aliphatic heterocycles. The van der Waals surface area contributed by atoms with E-state index in [4.69, 9.17) is 5.73 Å². The van der Waals surface area contributed by atoms with Gasteiger partial charge in [0.25, 0.3) is 0 Å². The predicted octanol–water partition coefficient (Wildman–Crippen LogP) is 0.180. The van der Waals surface area contributed by atoms with E-state index in [1.807, 2.05) is 6.92 Å². The van der Waals surface area contributed by atoms with E-state index in [0.29, 0.717) is 12.5 Å². The molecule has 1 fully saturated rings. The Labute approximate surface area is 92.2 Å². The van der Waals surface area contributed by atoms with Crippen LogP contribution < -0.4 is 11.1 Å². The lowest BCUT2D eigenvalue weighted by Gasteiger charge is -2.24. The molecule has 1 amide bonds. The van der Waals surface area contributed by atoms with E-state index in [-0.39, 0.29) is 18.0 Å². The number of nitrogens with one attached hydrogen (secondary N) is 1. The summed E-state index contributed by atoms with van der Waals surface area (Å²) in [4.78, 5) is 14.0. The lowest BCUT2D eigenvalue weighted by atomic mass is 10.1. The van der Waals surface area contributed by atoms with Crippen molar-refractivity contribution in [2.75, 3.05) is 19.6 Å².